The molecule has 27 heavy (non-hydrogen) atoms. The number of hydrogen-bond donors (Lipinski definition) is 2. The van der Waals surface area contributed by atoms with Crippen molar-refractivity contribution in [1.82, 2.24) is 15.1 Å². The molecule has 7 nitrogen and oxygen atoms in total. The highest BCUT2D eigenvalue weighted by Crippen LogP contribution is 2.39. The highest BCUT2D eigenvalue weighted by molar-refractivity contribution is 7.89. The number of nitrogens with two attached hydrogens (primary N) is 1. The lowest BCUT2D eigenvalue weighted by Gasteiger charge is -2.22. The first-order chi connectivity index (χ1) is 12.4. The number of carbonyl (C=O) groups excluding carboxylic acids is 1. The van der Waals surface area contributed by atoms with E-state index < -0.39 is 44.9 Å². The molecule has 0 aliphatic carbocycles. The van der Waals surface area contributed by atoms with E-state index >= 15 is 4.39 Å². The Morgan fingerprint density at radius 3 is 2.67 bits per heavy atom. The van der Waals surface area contributed by atoms with Crippen molar-refractivity contribution in [1.29, 1.82) is 0 Å². The van der Waals surface area contributed by atoms with Gasteiger partial charge in [-0.25, -0.2) is 17.9 Å². The third kappa shape index (κ3) is 3.67. The van der Waals surface area contributed by atoms with Gasteiger partial charge < -0.3 is 4.90 Å². The largest absolute Gasteiger partial charge is 0.416 e. The van der Waals surface area contributed by atoms with E-state index in [9.17, 15) is 26.4 Å². The molecule has 1 saturated heterocycles. The Balaban J connectivity index is 1.87. The first kappa shape index (κ1) is 19.3. The fourth-order valence-electron chi connectivity index (χ4n) is 2.97. The number of sulfonamides is 1. The Bertz CT molecular complexity index is 989. The summed E-state index contributed by atoms with van der Waals surface area (Å²) in [5, 5.41) is 9.94. The van der Waals surface area contributed by atoms with Crippen molar-refractivity contribution in [2.45, 2.75) is 23.3 Å². The normalized spacial score (nSPS) is 20.9. The number of likely N-dealkylation sites (tertiary alicyclic amines) is 1. The summed E-state index contributed by atoms with van der Waals surface area (Å²) in [5.41, 5.74) is -3.74. The molecule has 1 unspecified atom stereocenters. The van der Waals surface area contributed by atoms with Gasteiger partial charge in [0.15, 0.2) is 10.7 Å². The maximum Gasteiger partial charge on any atom is 0.416 e. The van der Waals surface area contributed by atoms with Gasteiger partial charge in [0.25, 0.3) is 15.9 Å². The van der Waals surface area contributed by atoms with E-state index in [1.165, 1.54) is 6.07 Å². The van der Waals surface area contributed by atoms with Crippen LogP contribution in [0.2, 0.25) is 0 Å². The minimum atomic E-state index is -4.62. The van der Waals surface area contributed by atoms with E-state index in [2.05, 4.69) is 10.2 Å². The second kappa shape index (κ2) is 6.30. The number of hydrogen-bond acceptors (Lipinski definition) is 4. The Morgan fingerprint density at radius 1 is 1.33 bits per heavy atom. The molecule has 1 aliphatic heterocycles. The van der Waals surface area contributed by atoms with Crippen molar-refractivity contribution >= 4 is 15.9 Å². The standard InChI is InChI=1S/C15H14F4N4O3S/c16-14(9-2-1-3-10(6-9)15(17,18)19)4-5-23(8-14)13(24)11-7-21-22-12(11)27(20,25)26/h1-3,6-7H,4-5,8H2,(H,21,22)(H2,20,25,26). The second-order valence-electron chi connectivity index (χ2n) is 6.18. The van der Waals surface area contributed by atoms with Crippen LogP contribution < -0.4 is 5.14 Å². The highest BCUT2D eigenvalue weighted by atomic mass is 32.2. The van der Waals surface area contributed by atoms with Crippen LogP contribution in [0, 0.1) is 0 Å². The first-order valence-electron chi connectivity index (χ1n) is 7.64. The summed E-state index contributed by atoms with van der Waals surface area (Å²) in [6, 6.07) is 3.85. The predicted molar refractivity (Wildman–Crippen MR) is 84.7 cm³/mol. The fraction of sp³-hybridized carbons (Fsp3) is 0.333. The molecule has 1 fully saturated rings. The SMILES string of the molecule is NS(=O)(=O)c1[nH]ncc1C(=O)N1CCC(F)(c2cccc(C(F)(F)F)c2)C1. The number of benzene rings is 1. The monoisotopic (exact) mass is 406 g/mol. The summed E-state index contributed by atoms with van der Waals surface area (Å²) < 4.78 is 76.8. The van der Waals surface area contributed by atoms with Gasteiger partial charge in [0.1, 0.15) is 0 Å². The Morgan fingerprint density at radius 2 is 2.04 bits per heavy atom. The number of H-pyrrole nitrogens is 1. The van der Waals surface area contributed by atoms with Crippen molar-refractivity contribution in [3.05, 3.63) is 47.2 Å². The number of aromatic nitrogens is 2. The van der Waals surface area contributed by atoms with Crippen molar-refractivity contribution in [3.63, 3.8) is 0 Å². The summed E-state index contributed by atoms with van der Waals surface area (Å²) in [7, 11) is -4.25. The lowest BCUT2D eigenvalue weighted by atomic mass is 9.93. The van der Waals surface area contributed by atoms with E-state index in [-0.39, 0.29) is 24.1 Å². The van der Waals surface area contributed by atoms with E-state index in [1.54, 1.807) is 0 Å². The summed E-state index contributed by atoms with van der Waals surface area (Å²) in [6.07, 6.45) is -3.91. The number of amides is 1. The van der Waals surface area contributed by atoms with Gasteiger partial charge in [0.05, 0.1) is 23.9 Å². The summed E-state index contributed by atoms with van der Waals surface area (Å²) >= 11 is 0. The molecule has 1 aromatic heterocycles. The van der Waals surface area contributed by atoms with Crippen molar-refractivity contribution in [2.75, 3.05) is 13.1 Å². The summed E-state index contributed by atoms with van der Waals surface area (Å²) in [4.78, 5) is 13.5. The van der Waals surface area contributed by atoms with Gasteiger partial charge in [-0.2, -0.15) is 18.3 Å². The van der Waals surface area contributed by atoms with E-state index in [0.717, 1.165) is 23.2 Å². The van der Waals surface area contributed by atoms with Crippen LogP contribution in [-0.4, -0.2) is 42.5 Å². The Kier molecular flexibility index (Phi) is 4.50. The Labute approximate surface area is 151 Å². The number of primary sulfonamides is 1. The molecule has 0 bridgehead atoms. The molecule has 0 spiro atoms. The minimum absolute atomic E-state index is 0.110. The number of aromatic amines is 1. The second-order valence-corrected chi connectivity index (χ2v) is 7.68. The maximum atomic E-state index is 15.3. The topological polar surface area (TPSA) is 109 Å². The number of carbonyl (C=O) groups is 1. The van der Waals surface area contributed by atoms with E-state index in [1.807, 2.05) is 0 Å². The third-order valence-corrected chi connectivity index (χ3v) is 5.21. The molecule has 12 heteroatoms. The average molecular weight is 406 g/mol. The molecule has 3 N–H and O–H groups in total. The quantitative estimate of drug-likeness (QED) is 0.758. The number of nitrogens with zero attached hydrogens (tertiary/aromatic N) is 2. The van der Waals surface area contributed by atoms with Gasteiger partial charge >= 0.3 is 6.18 Å². The van der Waals surface area contributed by atoms with E-state index in [4.69, 9.17) is 5.14 Å². The zero-order valence-corrected chi connectivity index (χ0v) is 14.4. The van der Waals surface area contributed by atoms with Crippen LogP contribution in [0.5, 0.6) is 0 Å². The van der Waals surface area contributed by atoms with Crippen LogP contribution in [0.25, 0.3) is 0 Å². The zero-order valence-electron chi connectivity index (χ0n) is 13.6. The van der Waals surface area contributed by atoms with Gasteiger partial charge in [0.2, 0.25) is 0 Å². The highest BCUT2D eigenvalue weighted by Gasteiger charge is 2.44. The molecule has 1 aromatic carbocycles. The van der Waals surface area contributed by atoms with Crippen LogP contribution in [0.1, 0.15) is 27.9 Å². The molecular formula is C15H14F4N4O3S. The smallest absolute Gasteiger partial charge is 0.335 e. The molecule has 2 heterocycles. The molecule has 0 radical (unpaired) electrons. The van der Waals surface area contributed by atoms with Crippen molar-refractivity contribution < 1.29 is 30.8 Å². The van der Waals surface area contributed by atoms with Gasteiger partial charge in [0, 0.05) is 13.0 Å². The first-order valence-corrected chi connectivity index (χ1v) is 9.18. The molecule has 0 saturated carbocycles. The van der Waals surface area contributed by atoms with Crippen LogP contribution >= 0.6 is 0 Å². The Hall–Kier alpha value is -2.47. The van der Waals surface area contributed by atoms with Crippen LogP contribution in [0.3, 0.4) is 0 Å². The number of rotatable bonds is 3. The number of alkyl halides is 4. The summed E-state index contributed by atoms with van der Waals surface area (Å²) in [6.45, 7) is -0.636. The molecule has 1 amide bonds. The van der Waals surface area contributed by atoms with Crippen LogP contribution in [-0.2, 0) is 21.9 Å². The molecule has 2 aromatic rings. The van der Waals surface area contributed by atoms with Gasteiger partial charge in [-0.15, -0.1) is 0 Å². The minimum Gasteiger partial charge on any atom is -0.335 e. The van der Waals surface area contributed by atoms with Gasteiger partial charge in [-0.1, -0.05) is 12.1 Å². The van der Waals surface area contributed by atoms with Crippen molar-refractivity contribution in [3.8, 4) is 0 Å². The van der Waals surface area contributed by atoms with Crippen LogP contribution in [0.15, 0.2) is 35.5 Å². The lowest BCUT2D eigenvalue weighted by Crippen LogP contribution is -2.33. The van der Waals surface area contributed by atoms with Gasteiger partial charge in [-0.3, -0.25) is 9.89 Å². The zero-order chi connectivity index (χ0) is 20.0. The molecule has 3 rings (SSSR count). The predicted octanol–water partition coefficient (Wildman–Crippen LogP) is 1.79. The van der Waals surface area contributed by atoms with Crippen LogP contribution in [0.4, 0.5) is 17.6 Å². The maximum absolute atomic E-state index is 15.3. The average Bonchev–Trinajstić information content (AvgIpc) is 3.21. The lowest BCUT2D eigenvalue weighted by molar-refractivity contribution is -0.137. The third-order valence-electron chi connectivity index (χ3n) is 4.33. The summed E-state index contributed by atoms with van der Waals surface area (Å²) in [5.74, 6) is -0.834. The molecule has 1 aliphatic rings. The van der Waals surface area contributed by atoms with E-state index in [0.29, 0.717) is 6.07 Å². The van der Waals surface area contributed by atoms with Crippen molar-refractivity contribution in [2.24, 2.45) is 5.14 Å². The number of halogens is 4. The molecule has 146 valence electrons. The van der Waals surface area contributed by atoms with Gasteiger partial charge in [-0.05, 0) is 17.7 Å². The molecule has 1 atom stereocenters. The fourth-order valence-corrected chi connectivity index (χ4v) is 3.60. The number of nitrogens with one attached hydrogen (secondary N) is 1. The molecular weight excluding hydrogens is 392 g/mol.